The maximum absolute atomic E-state index is 14.0. The van der Waals surface area contributed by atoms with Gasteiger partial charge in [0.1, 0.15) is 11.6 Å². The summed E-state index contributed by atoms with van der Waals surface area (Å²) in [5.41, 5.74) is 0.451. The van der Waals surface area contributed by atoms with Crippen LogP contribution >= 0.6 is 23.2 Å². The second-order valence-electron chi connectivity index (χ2n) is 6.32. The van der Waals surface area contributed by atoms with Gasteiger partial charge in [0.05, 0.1) is 11.4 Å². The highest BCUT2D eigenvalue weighted by atomic mass is 35.5. The molecule has 8 heteroatoms. The lowest BCUT2D eigenvalue weighted by molar-refractivity contribution is -0.115. The zero-order valence-corrected chi connectivity index (χ0v) is 16.1. The van der Waals surface area contributed by atoms with Crippen LogP contribution in [0.15, 0.2) is 47.5 Å². The number of hydrogen-bond acceptors (Lipinski definition) is 2. The van der Waals surface area contributed by atoms with Crippen LogP contribution in [0.1, 0.15) is 25.7 Å². The molecule has 1 aliphatic rings. The summed E-state index contributed by atoms with van der Waals surface area (Å²) in [5.74, 6) is -2.48. The molecule has 0 saturated heterocycles. The standard InChI is InChI=1S/C20H16Cl2F2N2O2/c21-11-5-7-17(15(23)9-11)25-19(27)13-3-1-2-4-14(13)20(28)26-18-8-6-12(22)10-16(18)24/h5-10H,1-4H2,(H,25,27)(H,26,28). The Bertz CT molecular complexity index is 899. The zero-order chi connectivity index (χ0) is 20.3. The number of rotatable bonds is 4. The third-order valence-electron chi connectivity index (χ3n) is 4.37. The summed E-state index contributed by atoms with van der Waals surface area (Å²) in [6, 6.07) is 7.77. The van der Waals surface area contributed by atoms with Gasteiger partial charge in [0.2, 0.25) is 0 Å². The molecule has 0 radical (unpaired) electrons. The van der Waals surface area contributed by atoms with Gasteiger partial charge < -0.3 is 10.6 Å². The Balaban J connectivity index is 1.83. The van der Waals surface area contributed by atoms with Crippen molar-refractivity contribution in [3.8, 4) is 0 Å². The molecule has 0 fully saturated rings. The molecule has 1 aliphatic carbocycles. The molecule has 0 saturated carbocycles. The van der Waals surface area contributed by atoms with Crippen molar-refractivity contribution in [2.24, 2.45) is 0 Å². The minimum absolute atomic E-state index is 0.0315. The van der Waals surface area contributed by atoms with Crippen molar-refractivity contribution < 1.29 is 18.4 Å². The van der Waals surface area contributed by atoms with Crippen LogP contribution in [0.5, 0.6) is 0 Å². The zero-order valence-electron chi connectivity index (χ0n) is 14.6. The van der Waals surface area contributed by atoms with Crippen LogP contribution in [0.2, 0.25) is 10.0 Å². The monoisotopic (exact) mass is 424 g/mol. The fourth-order valence-electron chi connectivity index (χ4n) is 2.98. The molecule has 0 aromatic heterocycles. The number of halogens is 4. The first-order valence-corrected chi connectivity index (χ1v) is 9.35. The summed E-state index contributed by atoms with van der Waals surface area (Å²) in [6.07, 6.45) is 2.18. The molecule has 0 bridgehead atoms. The van der Waals surface area contributed by atoms with Crippen LogP contribution in [-0.2, 0) is 9.59 Å². The third kappa shape index (κ3) is 4.69. The number of anilines is 2. The van der Waals surface area contributed by atoms with Gasteiger partial charge in [-0.05, 0) is 62.1 Å². The molecule has 0 atom stereocenters. The molecule has 2 aromatic carbocycles. The van der Waals surface area contributed by atoms with E-state index in [0.29, 0.717) is 12.8 Å². The number of amides is 2. The molecule has 0 spiro atoms. The SMILES string of the molecule is O=C(Nc1ccc(Cl)cc1F)C1=C(C(=O)Nc2ccc(Cl)cc2F)CCCC1. The summed E-state index contributed by atoms with van der Waals surface area (Å²) in [4.78, 5) is 25.3. The molecule has 2 amide bonds. The lowest BCUT2D eigenvalue weighted by Crippen LogP contribution is -2.25. The molecular formula is C20H16Cl2F2N2O2. The van der Waals surface area contributed by atoms with E-state index in [1.54, 1.807) is 0 Å². The van der Waals surface area contributed by atoms with Gasteiger partial charge in [0, 0.05) is 21.2 Å². The van der Waals surface area contributed by atoms with Gasteiger partial charge in [-0.15, -0.1) is 0 Å². The van der Waals surface area contributed by atoms with E-state index in [1.807, 2.05) is 0 Å². The third-order valence-corrected chi connectivity index (χ3v) is 4.84. The van der Waals surface area contributed by atoms with E-state index < -0.39 is 23.4 Å². The summed E-state index contributed by atoms with van der Waals surface area (Å²) in [7, 11) is 0. The van der Waals surface area contributed by atoms with E-state index in [2.05, 4.69) is 10.6 Å². The maximum atomic E-state index is 14.0. The van der Waals surface area contributed by atoms with Gasteiger partial charge in [0.15, 0.2) is 0 Å². The Labute approximate surface area is 170 Å². The normalized spacial score (nSPS) is 14.0. The van der Waals surface area contributed by atoms with Gasteiger partial charge in [-0.2, -0.15) is 0 Å². The minimum atomic E-state index is -0.675. The Morgan fingerprint density at radius 2 is 1.14 bits per heavy atom. The Morgan fingerprint density at radius 1 is 0.750 bits per heavy atom. The fourth-order valence-corrected chi connectivity index (χ4v) is 3.30. The van der Waals surface area contributed by atoms with Gasteiger partial charge in [-0.25, -0.2) is 8.78 Å². The summed E-state index contributed by atoms with van der Waals surface area (Å²) in [5, 5.41) is 5.36. The van der Waals surface area contributed by atoms with Crippen molar-refractivity contribution in [3.05, 3.63) is 69.2 Å². The Hall–Kier alpha value is -2.44. The van der Waals surface area contributed by atoms with Crippen LogP contribution in [0.3, 0.4) is 0 Å². The molecule has 0 heterocycles. The smallest absolute Gasteiger partial charge is 0.252 e. The number of nitrogens with one attached hydrogen (secondary N) is 2. The first-order chi connectivity index (χ1) is 13.3. The number of benzene rings is 2. The number of carbonyl (C=O) groups is 2. The summed E-state index contributed by atoms with van der Waals surface area (Å²) < 4.78 is 27.9. The highest BCUT2D eigenvalue weighted by Crippen LogP contribution is 2.29. The molecule has 0 aliphatic heterocycles. The minimum Gasteiger partial charge on any atom is -0.320 e. The second-order valence-corrected chi connectivity index (χ2v) is 7.19. The average Bonchev–Trinajstić information content (AvgIpc) is 2.66. The fraction of sp³-hybridized carbons (Fsp3) is 0.200. The van der Waals surface area contributed by atoms with Gasteiger partial charge in [-0.3, -0.25) is 9.59 Å². The lowest BCUT2D eigenvalue weighted by atomic mass is 9.90. The highest BCUT2D eigenvalue weighted by molar-refractivity contribution is 6.31. The predicted octanol–water partition coefficient (Wildman–Crippen LogP) is 5.72. The summed E-state index contributed by atoms with van der Waals surface area (Å²) in [6.45, 7) is 0. The lowest BCUT2D eigenvalue weighted by Gasteiger charge is -2.20. The van der Waals surface area contributed by atoms with E-state index in [-0.39, 0.29) is 32.6 Å². The van der Waals surface area contributed by atoms with Crippen molar-refractivity contribution in [1.29, 1.82) is 0 Å². The van der Waals surface area contributed by atoms with Crippen LogP contribution < -0.4 is 10.6 Å². The molecule has 2 N–H and O–H groups in total. The average molecular weight is 425 g/mol. The van der Waals surface area contributed by atoms with Gasteiger partial charge >= 0.3 is 0 Å². The van der Waals surface area contributed by atoms with Crippen molar-refractivity contribution in [3.63, 3.8) is 0 Å². The maximum Gasteiger partial charge on any atom is 0.252 e. The van der Waals surface area contributed by atoms with Gasteiger partial charge in [-0.1, -0.05) is 23.2 Å². The Morgan fingerprint density at radius 3 is 1.50 bits per heavy atom. The van der Waals surface area contributed by atoms with Gasteiger partial charge in [0.25, 0.3) is 11.8 Å². The molecule has 4 nitrogen and oxygen atoms in total. The van der Waals surface area contributed by atoms with Crippen LogP contribution in [0, 0.1) is 11.6 Å². The van der Waals surface area contributed by atoms with E-state index in [9.17, 15) is 18.4 Å². The first kappa shape index (κ1) is 20.3. The molecule has 146 valence electrons. The number of hydrogen-bond donors (Lipinski definition) is 2. The van der Waals surface area contributed by atoms with Crippen molar-refractivity contribution >= 4 is 46.4 Å². The second kappa shape index (κ2) is 8.71. The van der Waals surface area contributed by atoms with E-state index in [1.165, 1.54) is 24.3 Å². The van der Waals surface area contributed by atoms with Crippen molar-refractivity contribution in [2.75, 3.05) is 10.6 Å². The van der Waals surface area contributed by atoms with E-state index in [0.717, 1.165) is 25.0 Å². The quantitative estimate of drug-likeness (QED) is 0.659. The van der Waals surface area contributed by atoms with E-state index in [4.69, 9.17) is 23.2 Å². The predicted molar refractivity (Wildman–Crippen MR) is 106 cm³/mol. The molecule has 0 unspecified atom stereocenters. The van der Waals surface area contributed by atoms with Crippen molar-refractivity contribution in [2.45, 2.75) is 25.7 Å². The summed E-state index contributed by atoms with van der Waals surface area (Å²) >= 11 is 11.4. The van der Waals surface area contributed by atoms with Crippen molar-refractivity contribution in [1.82, 2.24) is 0 Å². The van der Waals surface area contributed by atoms with Crippen LogP contribution in [0.25, 0.3) is 0 Å². The molecule has 28 heavy (non-hydrogen) atoms. The largest absolute Gasteiger partial charge is 0.320 e. The molecule has 3 rings (SSSR count). The van der Waals surface area contributed by atoms with Crippen LogP contribution in [0.4, 0.5) is 20.2 Å². The Kier molecular flexibility index (Phi) is 6.31. The van der Waals surface area contributed by atoms with Crippen LogP contribution in [-0.4, -0.2) is 11.8 Å². The highest BCUT2D eigenvalue weighted by Gasteiger charge is 2.25. The molecule has 2 aromatic rings. The number of carbonyl (C=O) groups excluding carboxylic acids is 2. The van der Waals surface area contributed by atoms with E-state index >= 15 is 0 Å². The first-order valence-electron chi connectivity index (χ1n) is 8.60. The topological polar surface area (TPSA) is 58.2 Å². The molecular weight excluding hydrogens is 409 g/mol.